The summed E-state index contributed by atoms with van der Waals surface area (Å²) in [6.45, 7) is 10.5. The summed E-state index contributed by atoms with van der Waals surface area (Å²) in [6.07, 6.45) is 2.94. The normalized spacial score (nSPS) is 13.0. The third-order valence-corrected chi connectivity index (χ3v) is 4.37. The van der Waals surface area contributed by atoms with Gasteiger partial charge in [-0.3, -0.25) is 4.99 Å². The summed E-state index contributed by atoms with van der Waals surface area (Å²) in [7, 11) is 1.76. The molecular formula is C21H32N4O2. The highest BCUT2D eigenvalue weighted by molar-refractivity contribution is 5.79. The van der Waals surface area contributed by atoms with Crippen LogP contribution in [0.15, 0.2) is 39.9 Å². The molecule has 0 amide bonds. The number of aryl methyl sites for hydroxylation is 1. The van der Waals surface area contributed by atoms with Gasteiger partial charge in [0.15, 0.2) is 11.7 Å². The molecule has 0 saturated carbocycles. The molecule has 0 aliphatic rings. The van der Waals surface area contributed by atoms with E-state index in [0.717, 1.165) is 36.9 Å². The number of hydrogen-bond acceptors (Lipinski definition) is 4. The van der Waals surface area contributed by atoms with E-state index in [1.165, 1.54) is 5.56 Å². The zero-order valence-electron chi connectivity index (χ0n) is 17.1. The molecule has 0 fully saturated rings. The maximum Gasteiger partial charge on any atom is 0.214 e. The number of benzene rings is 1. The topological polar surface area (TPSA) is 71.7 Å². The van der Waals surface area contributed by atoms with Crippen LogP contribution in [0.25, 0.3) is 11.3 Å². The van der Waals surface area contributed by atoms with Crippen LogP contribution in [0.1, 0.15) is 38.6 Å². The molecule has 27 heavy (non-hydrogen) atoms. The van der Waals surface area contributed by atoms with Gasteiger partial charge in [0.25, 0.3) is 0 Å². The van der Waals surface area contributed by atoms with Crippen molar-refractivity contribution in [1.29, 1.82) is 0 Å². The molecular weight excluding hydrogens is 340 g/mol. The Labute approximate surface area is 162 Å². The van der Waals surface area contributed by atoms with Crippen molar-refractivity contribution < 1.29 is 9.15 Å². The third-order valence-electron chi connectivity index (χ3n) is 4.37. The van der Waals surface area contributed by atoms with Gasteiger partial charge < -0.3 is 19.8 Å². The minimum atomic E-state index is 0.254. The van der Waals surface area contributed by atoms with Gasteiger partial charge in [-0.15, -0.1) is 0 Å². The number of nitrogens with one attached hydrogen (secondary N) is 2. The van der Waals surface area contributed by atoms with Crippen molar-refractivity contribution in [3.05, 3.63) is 41.9 Å². The van der Waals surface area contributed by atoms with E-state index in [0.29, 0.717) is 18.4 Å². The lowest BCUT2D eigenvalue weighted by molar-refractivity contribution is 0.0258. The van der Waals surface area contributed by atoms with Crippen molar-refractivity contribution in [3.63, 3.8) is 0 Å². The summed E-state index contributed by atoms with van der Waals surface area (Å²) in [6, 6.07) is 8.20. The zero-order chi connectivity index (χ0) is 19.6. The van der Waals surface area contributed by atoms with Crippen molar-refractivity contribution >= 4 is 5.96 Å². The highest BCUT2D eigenvalue weighted by Gasteiger charge is 2.13. The van der Waals surface area contributed by atoms with Gasteiger partial charge in [-0.25, -0.2) is 4.98 Å². The largest absolute Gasteiger partial charge is 0.439 e. The van der Waals surface area contributed by atoms with E-state index in [1.807, 2.05) is 19.1 Å². The molecule has 0 radical (unpaired) electrons. The maximum absolute atomic E-state index is 5.83. The quantitative estimate of drug-likeness (QED) is 0.518. The number of aliphatic imine (C=N–C) groups is 1. The lowest BCUT2D eigenvalue weighted by atomic mass is 10.0. The van der Waals surface area contributed by atoms with Crippen molar-refractivity contribution in [2.45, 2.75) is 46.8 Å². The van der Waals surface area contributed by atoms with Gasteiger partial charge in [-0.2, -0.15) is 0 Å². The Kier molecular flexibility index (Phi) is 8.33. The molecule has 6 heteroatoms. The predicted molar refractivity (Wildman–Crippen MR) is 110 cm³/mol. The minimum absolute atomic E-state index is 0.254. The second kappa shape index (κ2) is 10.7. The molecule has 148 valence electrons. The fourth-order valence-corrected chi connectivity index (χ4v) is 2.78. The van der Waals surface area contributed by atoms with E-state index >= 15 is 0 Å². The lowest BCUT2D eigenvalue weighted by Gasteiger charge is -2.21. The Balaban J connectivity index is 1.81. The molecule has 2 N–H and O–H groups in total. The van der Waals surface area contributed by atoms with Crippen LogP contribution in [0, 0.1) is 12.8 Å². The van der Waals surface area contributed by atoms with Gasteiger partial charge in [-0.1, -0.05) is 43.7 Å². The molecule has 0 aliphatic carbocycles. The van der Waals surface area contributed by atoms with Gasteiger partial charge >= 0.3 is 0 Å². The van der Waals surface area contributed by atoms with Crippen LogP contribution in [0.5, 0.6) is 0 Å². The summed E-state index contributed by atoms with van der Waals surface area (Å²) in [5.74, 6) is 2.62. The Hall–Kier alpha value is -2.34. The summed E-state index contributed by atoms with van der Waals surface area (Å²) in [4.78, 5) is 8.59. The molecule has 2 rings (SSSR count). The third kappa shape index (κ3) is 6.71. The van der Waals surface area contributed by atoms with Crippen LogP contribution >= 0.6 is 0 Å². The SMILES string of the molecule is CCOC(CCNC(=NC)NCc1ncc(-c2ccc(C)cc2)o1)C(C)C. The Morgan fingerprint density at radius 2 is 1.96 bits per heavy atom. The van der Waals surface area contributed by atoms with Gasteiger partial charge in [0.2, 0.25) is 5.89 Å². The zero-order valence-corrected chi connectivity index (χ0v) is 17.1. The number of nitrogens with zero attached hydrogens (tertiary/aromatic N) is 2. The summed E-state index contributed by atoms with van der Waals surface area (Å²) in [5.41, 5.74) is 2.25. The fraction of sp³-hybridized carbons (Fsp3) is 0.524. The van der Waals surface area contributed by atoms with Crippen molar-refractivity contribution in [1.82, 2.24) is 15.6 Å². The Morgan fingerprint density at radius 1 is 1.22 bits per heavy atom. The van der Waals surface area contributed by atoms with Gasteiger partial charge in [0.1, 0.15) is 0 Å². The molecule has 0 spiro atoms. The Bertz CT molecular complexity index is 707. The monoisotopic (exact) mass is 372 g/mol. The van der Waals surface area contributed by atoms with Crippen LogP contribution in [-0.4, -0.2) is 37.2 Å². The molecule has 1 heterocycles. The lowest BCUT2D eigenvalue weighted by Crippen LogP contribution is -2.39. The van der Waals surface area contributed by atoms with Crippen LogP contribution in [-0.2, 0) is 11.3 Å². The second-order valence-electron chi connectivity index (χ2n) is 6.86. The van der Waals surface area contributed by atoms with E-state index < -0.39 is 0 Å². The number of hydrogen-bond donors (Lipinski definition) is 2. The molecule has 0 saturated heterocycles. The van der Waals surface area contributed by atoms with Crippen LogP contribution in [0.2, 0.25) is 0 Å². The van der Waals surface area contributed by atoms with E-state index in [-0.39, 0.29) is 6.10 Å². The maximum atomic E-state index is 5.83. The first-order valence-corrected chi connectivity index (χ1v) is 9.61. The first-order chi connectivity index (χ1) is 13.0. The predicted octanol–water partition coefficient (Wildman–Crippen LogP) is 3.77. The molecule has 1 aromatic heterocycles. The number of rotatable bonds is 9. The standard InChI is InChI=1S/C21H32N4O2/c1-6-26-18(15(2)3)11-12-23-21(22-5)25-14-20-24-13-19(27-20)17-9-7-16(4)8-10-17/h7-10,13,15,18H,6,11-12,14H2,1-5H3,(H2,22,23,25). The molecule has 0 bridgehead atoms. The molecule has 6 nitrogen and oxygen atoms in total. The first kappa shape index (κ1) is 21.0. The number of oxazole rings is 1. The molecule has 1 aromatic carbocycles. The van der Waals surface area contributed by atoms with Crippen LogP contribution < -0.4 is 10.6 Å². The van der Waals surface area contributed by atoms with Gasteiger partial charge in [-0.05, 0) is 26.2 Å². The average molecular weight is 373 g/mol. The van der Waals surface area contributed by atoms with Crippen molar-refractivity contribution in [2.75, 3.05) is 20.2 Å². The van der Waals surface area contributed by atoms with E-state index in [1.54, 1.807) is 13.2 Å². The molecule has 1 unspecified atom stereocenters. The van der Waals surface area contributed by atoms with Gasteiger partial charge in [0, 0.05) is 25.8 Å². The summed E-state index contributed by atoms with van der Waals surface area (Å²) >= 11 is 0. The van der Waals surface area contributed by atoms with Gasteiger partial charge in [0.05, 0.1) is 18.8 Å². The average Bonchev–Trinajstić information content (AvgIpc) is 3.13. The smallest absolute Gasteiger partial charge is 0.214 e. The molecule has 1 atom stereocenters. The number of guanidine groups is 1. The van der Waals surface area contributed by atoms with Crippen molar-refractivity contribution in [3.8, 4) is 11.3 Å². The fourth-order valence-electron chi connectivity index (χ4n) is 2.78. The highest BCUT2D eigenvalue weighted by Crippen LogP contribution is 2.20. The van der Waals surface area contributed by atoms with E-state index in [9.17, 15) is 0 Å². The Morgan fingerprint density at radius 3 is 2.59 bits per heavy atom. The first-order valence-electron chi connectivity index (χ1n) is 9.61. The second-order valence-corrected chi connectivity index (χ2v) is 6.86. The van der Waals surface area contributed by atoms with Crippen LogP contribution in [0.3, 0.4) is 0 Å². The minimum Gasteiger partial charge on any atom is -0.439 e. The number of aromatic nitrogens is 1. The van der Waals surface area contributed by atoms with Crippen LogP contribution in [0.4, 0.5) is 0 Å². The molecule has 0 aliphatic heterocycles. The van der Waals surface area contributed by atoms with E-state index in [4.69, 9.17) is 9.15 Å². The summed E-state index contributed by atoms with van der Waals surface area (Å²) in [5, 5.41) is 6.55. The van der Waals surface area contributed by atoms with Crippen molar-refractivity contribution in [2.24, 2.45) is 10.9 Å². The van der Waals surface area contributed by atoms with E-state index in [2.05, 4.69) is 53.5 Å². The molecule has 2 aromatic rings. The summed E-state index contributed by atoms with van der Waals surface area (Å²) < 4.78 is 11.6. The number of ether oxygens (including phenoxy) is 1. The highest BCUT2D eigenvalue weighted by atomic mass is 16.5.